The molecule has 0 radical (unpaired) electrons. The summed E-state index contributed by atoms with van der Waals surface area (Å²) in [7, 11) is 10.5. The van der Waals surface area contributed by atoms with Crippen LogP contribution in [0.3, 0.4) is 0 Å². The second-order valence-corrected chi connectivity index (χ2v) is 8.12. The van der Waals surface area contributed by atoms with Gasteiger partial charge in [0, 0.05) is 33.7 Å². The molecule has 0 bridgehead atoms. The Morgan fingerprint density at radius 3 is 2.07 bits per heavy atom. The smallest absolute Gasteiger partial charge is 0.204 e. The van der Waals surface area contributed by atoms with Crippen LogP contribution < -0.4 is 23.7 Å². The first-order valence-electron chi connectivity index (χ1n) is 9.50. The van der Waals surface area contributed by atoms with Gasteiger partial charge in [-0.1, -0.05) is 15.9 Å². The summed E-state index contributed by atoms with van der Waals surface area (Å²) in [6, 6.07) is 2.18. The fourth-order valence-corrected chi connectivity index (χ4v) is 5.36. The van der Waals surface area contributed by atoms with Crippen molar-refractivity contribution in [3.8, 4) is 39.9 Å². The summed E-state index contributed by atoms with van der Waals surface area (Å²) in [5, 5.41) is 0. The van der Waals surface area contributed by atoms with Crippen LogP contribution in [-0.2, 0) is 12.8 Å². The van der Waals surface area contributed by atoms with Crippen molar-refractivity contribution in [2.75, 3.05) is 49.1 Å². The van der Waals surface area contributed by atoms with Crippen molar-refractivity contribution in [1.82, 2.24) is 4.90 Å². The lowest BCUT2D eigenvalue weighted by atomic mass is 9.75. The van der Waals surface area contributed by atoms with Crippen LogP contribution in [0.15, 0.2) is 10.5 Å². The number of rotatable bonds is 5. The van der Waals surface area contributed by atoms with Gasteiger partial charge in [0.1, 0.15) is 0 Å². The lowest BCUT2D eigenvalue weighted by Gasteiger charge is -2.41. The van der Waals surface area contributed by atoms with Gasteiger partial charge in [0.15, 0.2) is 23.0 Å². The zero-order valence-electron chi connectivity index (χ0n) is 17.6. The van der Waals surface area contributed by atoms with Crippen molar-refractivity contribution in [2.24, 2.45) is 0 Å². The van der Waals surface area contributed by atoms with E-state index in [0.717, 1.165) is 40.7 Å². The van der Waals surface area contributed by atoms with E-state index in [-0.39, 0.29) is 6.04 Å². The predicted octanol–water partition coefficient (Wildman–Crippen LogP) is 4.24. The van der Waals surface area contributed by atoms with Gasteiger partial charge in [-0.05, 0) is 37.1 Å². The van der Waals surface area contributed by atoms with Crippen molar-refractivity contribution >= 4 is 15.9 Å². The molecule has 6 nitrogen and oxygen atoms in total. The van der Waals surface area contributed by atoms with E-state index in [4.69, 9.17) is 23.7 Å². The Balaban J connectivity index is 2.21. The summed E-state index contributed by atoms with van der Waals surface area (Å²) >= 11 is 3.76. The summed E-state index contributed by atoms with van der Waals surface area (Å²) in [4.78, 5) is 2.39. The summed E-state index contributed by atoms with van der Waals surface area (Å²) in [6.07, 6.45) is 1.73. The number of hydrogen-bond acceptors (Lipinski definition) is 6. The third-order valence-corrected chi connectivity index (χ3v) is 6.78. The number of halogens is 1. The lowest BCUT2D eigenvalue weighted by molar-refractivity contribution is 0.221. The highest BCUT2D eigenvalue weighted by Gasteiger charge is 2.41. The molecule has 2 aromatic carbocycles. The third-order valence-electron chi connectivity index (χ3n) is 6.07. The molecule has 0 amide bonds. The Morgan fingerprint density at radius 2 is 1.48 bits per heavy atom. The van der Waals surface area contributed by atoms with Gasteiger partial charge in [0.25, 0.3) is 0 Å². The molecule has 0 aromatic heterocycles. The molecule has 1 heterocycles. The maximum atomic E-state index is 5.92. The largest absolute Gasteiger partial charge is 0.493 e. The van der Waals surface area contributed by atoms with Gasteiger partial charge in [0.2, 0.25) is 5.75 Å². The maximum Gasteiger partial charge on any atom is 0.204 e. The molecule has 0 saturated heterocycles. The predicted molar refractivity (Wildman–Crippen MR) is 115 cm³/mol. The number of ether oxygens (including phenoxy) is 5. The summed E-state index contributed by atoms with van der Waals surface area (Å²) in [5.74, 6) is 3.39. The van der Waals surface area contributed by atoms with Crippen LogP contribution in [0.25, 0.3) is 11.1 Å². The van der Waals surface area contributed by atoms with E-state index in [1.54, 1.807) is 35.5 Å². The van der Waals surface area contributed by atoms with Gasteiger partial charge in [-0.25, -0.2) is 0 Å². The average molecular weight is 464 g/mol. The second-order valence-electron chi connectivity index (χ2n) is 7.26. The van der Waals surface area contributed by atoms with Gasteiger partial charge in [0.05, 0.1) is 35.5 Å². The van der Waals surface area contributed by atoms with Crippen LogP contribution in [0.5, 0.6) is 28.7 Å². The molecular formula is C22H26BrNO5. The summed E-state index contributed by atoms with van der Waals surface area (Å²) in [6.45, 7) is 0.948. The molecule has 2 aliphatic rings. The number of likely N-dealkylation sites (N-methyl/N-ethyl adjacent to an activating group) is 1. The molecule has 0 saturated carbocycles. The first kappa shape index (κ1) is 20.2. The van der Waals surface area contributed by atoms with Crippen molar-refractivity contribution in [3.63, 3.8) is 0 Å². The SMILES string of the molecule is COc1cc(Br)c2c(c1OC)-c1c(OC)c(OC)c(OC)c3c1[C@H](C2)N(C)CC3. The number of benzene rings is 2. The number of fused-ring (bicyclic) bond motifs is 2. The molecule has 0 spiro atoms. The number of methoxy groups -OCH3 is 5. The summed E-state index contributed by atoms with van der Waals surface area (Å²) in [5.41, 5.74) is 5.55. The zero-order chi connectivity index (χ0) is 20.9. The van der Waals surface area contributed by atoms with Crippen LogP contribution in [0.2, 0.25) is 0 Å². The van der Waals surface area contributed by atoms with E-state index >= 15 is 0 Å². The molecule has 0 N–H and O–H groups in total. The van der Waals surface area contributed by atoms with Gasteiger partial charge < -0.3 is 23.7 Å². The molecule has 1 atom stereocenters. The normalized spacial score (nSPS) is 17.3. The van der Waals surface area contributed by atoms with Gasteiger partial charge >= 0.3 is 0 Å². The molecule has 4 rings (SSSR count). The van der Waals surface area contributed by atoms with Crippen LogP contribution >= 0.6 is 15.9 Å². The number of hydrogen-bond donors (Lipinski definition) is 0. The van der Waals surface area contributed by atoms with E-state index in [1.165, 1.54) is 16.7 Å². The van der Waals surface area contributed by atoms with Crippen LogP contribution in [0.1, 0.15) is 22.7 Å². The Bertz CT molecular complexity index is 975. The van der Waals surface area contributed by atoms with E-state index in [9.17, 15) is 0 Å². The Kier molecular flexibility index (Phi) is 5.29. The van der Waals surface area contributed by atoms with Gasteiger partial charge in [-0.3, -0.25) is 4.90 Å². The van der Waals surface area contributed by atoms with Crippen molar-refractivity contribution in [2.45, 2.75) is 18.9 Å². The van der Waals surface area contributed by atoms with E-state index in [1.807, 2.05) is 6.07 Å². The Hall–Kier alpha value is -2.12. The topological polar surface area (TPSA) is 49.4 Å². The molecule has 2 aromatic rings. The zero-order valence-corrected chi connectivity index (χ0v) is 19.2. The molecular weight excluding hydrogens is 438 g/mol. The van der Waals surface area contributed by atoms with Crippen LogP contribution in [-0.4, -0.2) is 54.0 Å². The maximum absolute atomic E-state index is 5.92. The Morgan fingerprint density at radius 1 is 0.828 bits per heavy atom. The third kappa shape index (κ3) is 2.78. The highest BCUT2D eigenvalue weighted by molar-refractivity contribution is 9.10. The molecule has 1 aliphatic heterocycles. The molecule has 156 valence electrons. The van der Waals surface area contributed by atoms with E-state index in [0.29, 0.717) is 23.0 Å². The Labute approximate surface area is 179 Å². The molecule has 0 unspecified atom stereocenters. The van der Waals surface area contributed by atoms with Crippen molar-refractivity contribution < 1.29 is 23.7 Å². The lowest BCUT2D eigenvalue weighted by Crippen LogP contribution is -2.36. The van der Waals surface area contributed by atoms with Crippen molar-refractivity contribution in [3.05, 3.63) is 27.2 Å². The van der Waals surface area contributed by atoms with E-state index in [2.05, 4.69) is 27.9 Å². The molecule has 1 aliphatic carbocycles. The fraction of sp³-hybridized carbons (Fsp3) is 0.455. The minimum atomic E-state index is 0.212. The van der Waals surface area contributed by atoms with Crippen LogP contribution in [0, 0.1) is 0 Å². The monoisotopic (exact) mass is 463 g/mol. The molecule has 29 heavy (non-hydrogen) atoms. The van der Waals surface area contributed by atoms with Gasteiger partial charge in [-0.2, -0.15) is 0 Å². The molecule has 7 heteroatoms. The second kappa shape index (κ2) is 7.61. The number of nitrogens with zero attached hydrogens (tertiary/aromatic N) is 1. The van der Waals surface area contributed by atoms with E-state index < -0.39 is 0 Å². The fourth-order valence-electron chi connectivity index (χ4n) is 4.79. The minimum absolute atomic E-state index is 0.212. The highest BCUT2D eigenvalue weighted by atomic mass is 79.9. The van der Waals surface area contributed by atoms with Gasteiger partial charge in [-0.15, -0.1) is 0 Å². The van der Waals surface area contributed by atoms with Crippen LogP contribution in [0.4, 0.5) is 0 Å². The highest BCUT2D eigenvalue weighted by Crippen LogP contribution is 2.60. The minimum Gasteiger partial charge on any atom is -0.493 e. The summed E-state index contributed by atoms with van der Waals surface area (Å²) < 4.78 is 30.0. The standard InChI is InChI=1S/C22H26BrNO5/c1-24-8-7-11-16-14(24)9-12-13(23)10-15(25-2)20(27-4)17(12)18(16)21(28-5)22(29-6)19(11)26-3/h10,14H,7-9H2,1-6H3/t14-/m0/s1. The van der Waals surface area contributed by atoms with Crippen molar-refractivity contribution in [1.29, 1.82) is 0 Å². The first-order valence-corrected chi connectivity index (χ1v) is 10.3. The average Bonchev–Trinajstić information content (AvgIpc) is 2.74. The quantitative estimate of drug-likeness (QED) is 0.660. The first-order chi connectivity index (χ1) is 14.0. The molecule has 0 fully saturated rings.